The van der Waals surface area contributed by atoms with E-state index in [2.05, 4.69) is 26.7 Å². The number of quaternary nitrogens is 1. The summed E-state index contributed by atoms with van der Waals surface area (Å²) >= 11 is 1.68. The number of nitrogens with one attached hydrogen (secondary N) is 2. The number of morpholine rings is 1. The predicted octanol–water partition coefficient (Wildman–Crippen LogP) is 1.72. The second-order valence-electron chi connectivity index (χ2n) is 6.77. The predicted molar refractivity (Wildman–Crippen MR) is 93.2 cm³/mol. The molecular weight excluding hydrogens is 308 g/mol. The van der Waals surface area contributed by atoms with Gasteiger partial charge < -0.3 is 15.0 Å². The fourth-order valence-corrected chi connectivity index (χ4v) is 4.95. The van der Waals surface area contributed by atoms with Crippen molar-refractivity contribution in [1.82, 2.24) is 9.97 Å². The van der Waals surface area contributed by atoms with Crippen molar-refractivity contribution in [3.05, 3.63) is 17.8 Å². The molecule has 2 aromatic heterocycles. The van der Waals surface area contributed by atoms with Crippen LogP contribution in [0, 0.1) is 0 Å². The van der Waals surface area contributed by atoms with E-state index in [1.807, 2.05) is 0 Å². The van der Waals surface area contributed by atoms with Crippen LogP contribution in [-0.2, 0) is 4.74 Å². The highest BCUT2D eigenvalue weighted by Gasteiger charge is 2.42. The summed E-state index contributed by atoms with van der Waals surface area (Å²) in [5.41, 5.74) is 0.343. The topological polar surface area (TPSA) is 51.5 Å². The second kappa shape index (κ2) is 6.71. The van der Waals surface area contributed by atoms with Gasteiger partial charge in [-0.2, -0.15) is 0 Å². The lowest BCUT2D eigenvalue weighted by atomic mass is 9.79. The van der Waals surface area contributed by atoms with Gasteiger partial charge in [0.05, 0.1) is 25.1 Å². The third-order valence-corrected chi connectivity index (χ3v) is 6.33. The van der Waals surface area contributed by atoms with Gasteiger partial charge in [-0.05, 0) is 24.3 Å². The summed E-state index contributed by atoms with van der Waals surface area (Å²) in [7, 11) is 0. The normalized spacial score (nSPS) is 22.3. The average molecular weight is 333 g/mol. The number of thiophene rings is 1. The van der Waals surface area contributed by atoms with Gasteiger partial charge >= 0.3 is 0 Å². The van der Waals surface area contributed by atoms with Crippen LogP contribution in [0.15, 0.2) is 17.8 Å². The van der Waals surface area contributed by atoms with E-state index in [0.29, 0.717) is 5.54 Å². The average Bonchev–Trinajstić information content (AvgIpc) is 3.11. The Hall–Kier alpha value is -1.24. The summed E-state index contributed by atoms with van der Waals surface area (Å²) in [6, 6.07) is 2.12. The van der Waals surface area contributed by atoms with Crippen molar-refractivity contribution in [3.63, 3.8) is 0 Å². The minimum absolute atomic E-state index is 0.343. The van der Waals surface area contributed by atoms with Gasteiger partial charge in [0.1, 0.15) is 35.6 Å². The molecule has 2 fully saturated rings. The van der Waals surface area contributed by atoms with Crippen molar-refractivity contribution in [2.75, 3.05) is 38.2 Å². The molecule has 5 nitrogen and oxygen atoms in total. The molecule has 4 rings (SSSR count). The molecule has 23 heavy (non-hydrogen) atoms. The van der Waals surface area contributed by atoms with E-state index in [9.17, 15) is 0 Å². The number of nitrogens with zero attached hydrogens (tertiary/aromatic N) is 2. The Bertz CT molecular complexity index is 647. The first-order valence-electron chi connectivity index (χ1n) is 8.72. The first kappa shape index (κ1) is 15.3. The zero-order chi connectivity index (χ0) is 15.5. The molecule has 0 radical (unpaired) electrons. The zero-order valence-electron chi connectivity index (χ0n) is 13.5. The second-order valence-corrected chi connectivity index (χ2v) is 7.67. The molecule has 0 spiro atoms. The van der Waals surface area contributed by atoms with E-state index in [4.69, 9.17) is 4.74 Å². The lowest BCUT2D eigenvalue weighted by Crippen LogP contribution is -3.22. The van der Waals surface area contributed by atoms with Gasteiger partial charge in [-0.1, -0.05) is 6.42 Å². The molecular formula is C17H25N4OS+. The number of anilines is 1. The molecule has 2 aromatic rings. The van der Waals surface area contributed by atoms with E-state index in [0.717, 1.165) is 48.9 Å². The van der Waals surface area contributed by atoms with Gasteiger partial charge in [0.15, 0.2) is 0 Å². The van der Waals surface area contributed by atoms with Crippen LogP contribution < -0.4 is 10.2 Å². The number of fused-ring (bicyclic) bond motifs is 1. The Labute approximate surface area is 141 Å². The number of aromatic nitrogens is 2. The molecule has 6 heteroatoms. The van der Waals surface area contributed by atoms with E-state index >= 15 is 0 Å². The molecule has 0 bridgehead atoms. The Balaban J connectivity index is 1.54. The number of rotatable bonds is 4. The highest BCUT2D eigenvalue weighted by Crippen LogP contribution is 2.28. The zero-order valence-corrected chi connectivity index (χ0v) is 14.3. The van der Waals surface area contributed by atoms with Crippen LogP contribution in [0.4, 0.5) is 5.82 Å². The molecule has 1 saturated carbocycles. The number of hydrogen-bond donors (Lipinski definition) is 2. The third kappa shape index (κ3) is 3.07. The summed E-state index contributed by atoms with van der Waals surface area (Å²) < 4.78 is 5.59. The quantitative estimate of drug-likeness (QED) is 0.895. The Kier molecular flexibility index (Phi) is 4.46. The van der Waals surface area contributed by atoms with Crippen molar-refractivity contribution in [3.8, 4) is 0 Å². The molecule has 0 aromatic carbocycles. The monoisotopic (exact) mass is 333 g/mol. The molecule has 2 aliphatic rings. The first-order chi connectivity index (χ1) is 11.4. The highest BCUT2D eigenvalue weighted by atomic mass is 32.1. The standard InChI is InChI=1S/C17H24N4OS/c1-2-5-17(6-3-1,21-7-9-22-10-8-21)12-18-15-14-4-11-23-16(14)20-13-19-15/h4,11,13H,1-3,5-10,12H2,(H,18,19,20)/p+1. The molecule has 0 atom stereocenters. The van der Waals surface area contributed by atoms with Crippen molar-refractivity contribution in [2.24, 2.45) is 0 Å². The summed E-state index contributed by atoms with van der Waals surface area (Å²) in [5, 5.41) is 6.92. The maximum absolute atomic E-state index is 5.59. The highest BCUT2D eigenvalue weighted by molar-refractivity contribution is 7.16. The molecule has 3 heterocycles. The van der Waals surface area contributed by atoms with E-state index in [1.54, 1.807) is 22.6 Å². The molecule has 2 N–H and O–H groups in total. The summed E-state index contributed by atoms with van der Waals surface area (Å²) in [5.74, 6) is 0.994. The minimum Gasteiger partial charge on any atom is -0.370 e. The Morgan fingerprint density at radius 1 is 1.17 bits per heavy atom. The van der Waals surface area contributed by atoms with Gasteiger partial charge in [0.2, 0.25) is 0 Å². The Morgan fingerprint density at radius 3 is 2.83 bits per heavy atom. The van der Waals surface area contributed by atoms with Crippen LogP contribution in [0.3, 0.4) is 0 Å². The maximum atomic E-state index is 5.59. The van der Waals surface area contributed by atoms with Crippen molar-refractivity contribution in [1.29, 1.82) is 0 Å². The van der Waals surface area contributed by atoms with Gasteiger partial charge in [-0.15, -0.1) is 11.3 Å². The molecule has 1 aliphatic carbocycles. The number of ether oxygens (including phenoxy) is 1. The van der Waals surface area contributed by atoms with Crippen LogP contribution in [0.5, 0.6) is 0 Å². The summed E-state index contributed by atoms with van der Waals surface area (Å²) in [4.78, 5) is 11.6. The molecule has 1 aliphatic heterocycles. The van der Waals surface area contributed by atoms with Crippen LogP contribution >= 0.6 is 11.3 Å². The lowest BCUT2D eigenvalue weighted by Gasteiger charge is -2.45. The molecule has 0 amide bonds. The summed E-state index contributed by atoms with van der Waals surface area (Å²) in [6.45, 7) is 5.08. The van der Waals surface area contributed by atoms with Gasteiger partial charge in [0, 0.05) is 12.8 Å². The van der Waals surface area contributed by atoms with Crippen molar-refractivity contribution in [2.45, 2.75) is 37.6 Å². The largest absolute Gasteiger partial charge is 0.370 e. The van der Waals surface area contributed by atoms with Crippen LogP contribution in [0.2, 0.25) is 0 Å². The van der Waals surface area contributed by atoms with E-state index < -0.39 is 0 Å². The minimum atomic E-state index is 0.343. The Morgan fingerprint density at radius 2 is 2.00 bits per heavy atom. The van der Waals surface area contributed by atoms with Gasteiger partial charge in [-0.3, -0.25) is 0 Å². The first-order valence-corrected chi connectivity index (χ1v) is 9.60. The van der Waals surface area contributed by atoms with Crippen molar-refractivity contribution < 1.29 is 9.64 Å². The lowest BCUT2D eigenvalue weighted by molar-refractivity contribution is -0.959. The van der Waals surface area contributed by atoms with Crippen LogP contribution in [-0.4, -0.2) is 48.4 Å². The van der Waals surface area contributed by atoms with E-state index in [1.165, 1.54) is 32.1 Å². The summed E-state index contributed by atoms with van der Waals surface area (Å²) in [6.07, 6.45) is 8.39. The van der Waals surface area contributed by atoms with Crippen molar-refractivity contribution >= 4 is 27.4 Å². The van der Waals surface area contributed by atoms with Gasteiger partial charge in [-0.25, -0.2) is 9.97 Å². The van der Waals surface area contributed by atoms with E-state index in [-0.39, 0.29) is 0 Å². The fraction of sp³-hybridized carbons (Fsp3) is 0.647. The smallest absolute Gasteiger partial charge is 0.138 e. The molecule has 0 unspecified atom stereocenters. The number of hydrogen-bond acceptors (Lipinski definition) is 5. The van der Waals surface area contributed by atoms with Gasteiger partial charge in [0.25, 0.3) is 0 Å². The fourth-order valence-electron chi connectivity index (χ4n) is 4.22. The molecule has 1 saturated heterocycles. The SMILES string of the molecule is c1nc(NCC2([NH+]3CCOCC3)CCCCC2)c2ccsc2n1. The molecule has 124 valence electrons. The van der Waals surface area contributed by atoms with Crippen LogP contribution in [0.1, 0.15) is 32.1 Å². The van der Waals surface area contributed by atoms with Crippen LogP contribution in [0.25, 0.3) is 10.2 Å². The third-order valence-electron chi connectivity index (χ3n) is 5.51. The maximum Gasteiger partial charge on any atom is 0.138 e.